The number of carbonyl (C=O) groups is 1. The summed E-state index contributed by atoms with van der Waals surface area (Å²) in [7, 11) is 0. The van der Waals surface area contributed by atoms with Crippen molar-refractivity contribution < 1.29 is 9.53 Å². The van der Waals surface area contributed by atoms with Crippen LogP contribution in [0.1, 0.15) is 46.1 Å². The Balaban J connectivity index is 1.96. The van der Waals surface area contributed by atoms with Crippen LogP contribution in [0.25, 0.3) is 0 Å². The molecular formula is C18H29N3O2. The van der Waals surface area contributed by atoms with Gasteiger partial charge >= 0.3 is 6.09 Å². The van der Waals surface area contributed by atoms with Gasteiger partial charge < -0.3 is 20.7 Å². The molecular weight excluding hydrogens is 290 g/mol. The highest BCUT2D eigenvalue weighted by Crippen LogP contribution is 2.23. The molecule has 0 unspecified atom stereocenters. The summed E-state index contributed by atoms with van der Waals surface area (Å²) in [6.45, 7) is 8.77. The van der Waals surface area contributed by atoms with Crippen molar-refractivity contribution in [2.45, 2.75) is 64.8 Å². The van der Waals surface area contributed by atoms with E-state index in [4.69, 9.17) is 10.5 Å². The Bertz CT molecular complexity index is 533. The molecule has 1 fully saturated rings. The molecule has 0 bridgehead atoms. The molecule has 0 heterocycles. The summed E-state index contributed by atoms with van der Waals surface area (Å²) in [5, 5.41) is 3.49. The molecule has 1 aromatic rings. The molecule has 1 amide bonds. The number of amides is 1. The smallest absolute Gasteiger partial charge is 0.410 e. The van der Waals surface area contributed by atoms with Gasteiger partial charge in [-0.05, 0) is 58.2 Å². The highest BCUT2D eigenvalue weighted by molar-refractivity contribution is 5.68. The zero-order valence-electron chi connectivity index (χ0n) is 14.6. The first-order valence-electron chi connectivity index (χ1n) is 8.36. The van der Waals surface area contributed by atoms with E-state index in [1.54, 1.807) is 4.90 Å². The van der Waals surface area contributed by atoms with Crippen molar-refractivity contribution in [1.82, 2.24) is 4.90 Å². The van der Waals surface area contributed by atoms with Crippen LogP contribution in [0.4, 0.5) is 10.5 Å². The van der Waals surface area contributed by atoms with Gasteiger partial charge in [0.2, 0.25) is 0 Å². The van der Waals surface area contributed by atoms with E-state index in [9.17, 15) is 4.79 Å². The summed E-state index contributed by atoms with van der Waals surface area (Å²) in [6, 6.07) is 8.99. The third-order valence-electron chi connectivity index (χ3n) is 3.88. The number of carbonyl (C=O) groups excluding carboxylic acids is 1. The molecule has 0 radical (unpaired) electrons. The van der Waals surface area contributed by atoms with Crippen molar-refractivity contribution in [3.05, 3.63) is 29.8 Å². The summed E-state index contributed by atoms with van der Waals surface area (Å²) < 4.78 is 5.45. The van der Waals surface area contributed by atoms with Crippen LogP contribution in [0.2, 0.25) is 0 Å². The van der Waals surface area contributed by atoms with E-state index >= 15 is 0 Å². The van der Waals surface area contributed by atoms with Gasteiger partial charge in [-0.25, -0.2) is 4.79 Å². The minimum Gasteiger partial charge on any atom is -0.444 e. The van der Waals surface area contributed by atoms with Crippen molar-refractivity contribution in [2.75, 3.05) is 11.9 Å². The molecule has 1 aromatic carbocycles. The molecule has 3 N–H and O–H groups in total. The van der Waals surface area contributed by atoms with E-state index in [2.05, 4.69) is 17.4 Å². The molecule has 128 valence electrons. The molecule has 2 rings (SSSR count). The Morgan fingerprint density at radius 3 is 2.65 bits per heavy atom. The second-order valence-electron chi connectivity index (χ2n) is 7.27. The van der Waals surface area contributed by atoms with Gasteiger partial charge in [0.25, 0.3) is 0 Å². The summed E-state index contributed by atoms with van der Waals surface area (Å²) in [5.74, 6) is 0. The average Bonchev–Trinajstić information content (AvgIpc) is 2.41. The first-order chi connectivity index (χ1) is 10.8. The van der Waals surface area contributed by atoms with Crippen LogP contribution >= 0.6 is 0 Å². The molecule has 0 atom stereocenters. The van der Waals surface area contributed by atoms with E-state index in [0.717, 1.165) is 24.1 Å². The van der Waals surface area contributed by atoms with Gasteiger partial charge in [0, 0.05) is 30.9 Å². The highest BCUT2D eigenvalue weighted by Gasteiger charge is 2.25. The molecule has 1 aliphatic rings. The second kappa shape index (κ2) is 7.21. The van der Waals surface area contributed by atoms with Crippen molar-refractivity contribution in [2.24, 2.45) is 5.73 Å². The molecule has 1 saturated carbocycles. The highest BCUT2D eigenvalue weighted by atomic mass is 16.6. The molecule has 0 saturated heterocycles. The number of nitrogens with zero attached hydrogens (tertiary/aromatic N) is 1. The molecule has 0 spiro atoms. The van der Waals surface area contributed by atoms with Crippen molar-refractivity contribution in [1.29, 1.82) is 0 Å². The van der Waals surface area contributed by atoms with Crippen LogP contribution < -0.4 is 11.1 Å². The lowest BCUT2D eigenvalue weighted by Gasteiger charge is -2.34. The molecule has 1 aliphatic carbocycles. The monoisotopic (exact) mass is 319 g/mol. The fraction of sp³-hybridized carbons (Fsp3) is 0.611. The van der Waals surface area contributed by atoms with Crippen LogP contribution in [-0.2, 0) is 11.3 Å². The number of anilines is 1. The van der Waals surface area contributed by atoms with Gasteiger partial charge in [0.05, 0.1) is 0 Å². The number of hydrogen-bond acceptors (Lipinski definition) is 4. The molecule has 23 heavy (non-hydrogen) atoms. The second-order valence-corrected chi connectivity index (χ2v) is 7.27. The van der Waals surface area contributed by atoms with Gasteiger partial charge in [0.15, 0.2) is 0 Å². The van der Waals surface area contributed by atoms with E-state index in [-0.39, 0.29) is 6.09 Å². The first kappa shape index (κ1) is 17.6. The van der Waals surface area contributed by atoms with Gasteiger partial charge in [0.1, 0.15) is 5.60 Å². The van der Waals surface area contributed by atoms with Crippen molar-refractivity contribution in [3.8, 4) is 0 Å². The fourth-order valence-corrected chi connectivity index (χ4v) is 2.63. The standard InChI is InChI=1S/C18H29N3O2/c1-5-21(17(22)23-18(2,3)4)12-13-7-6-8-15(9-13)20-16-10-14(19)11-16/h6-9,14,16,20H,5,10-12,19H2,1-4H3. The SMILES string of the molecule is CCN(Cc1cccc(NC2CC(N)C2)c1)C(=O)OC(C)(C)C. The quantitative estimate of drug-likeness (QED) is 0.873. The zero-order chi connectivity index (χ0) is 17.0. The Hall–Kier alpha value is -1.75. The predicted octanol–water partition coefficient (Wildman–Crippen LogP) is 3.35. The van der Waals surface area contributed by atoms with E-state index in [1.165, 1.54) is 0 Å². The van der Waals surface area contributed by atoms with E-state index < -0.39 is 5.60 Å². The average molecular weight is 319 g/mol. The lowest BCUT2D eigenvalue weighted by molar-refractivity contribution is 0.0244. The van der Waals surface area contributed by atoms with E-state index in [0.29, 0.717) is 25.2 Å². The van der Waals surface area contributed by atoms with E-state index in [1.807, 2.05) is 39.8 Å². The maximum Gasteiger partial charge on any atom is 0.410 e. The maximum absolute atomic E-state index is 12.2. The van der Waals surface area contributed by atoms with Crippen LogP contribution in [0.15, 0.2) is 24.3 Å². The number of rotatable bonds is 5. The lowest BCUT2D eigenvalue weighted by atomic mass is 9.87. The number of benzene rings is 1. The lowest BCUT2D eigenvalue weighted by Crippen LogP contribution is -2.44. The summed E-state index contributed by atoms with van der Waals surface area (Å²) in [4.78, 5) is 13.9. The van der Waals surface area contributed by atoms with Gasteiger partial charge in [-0.15, -0.1) is 0 Å². The third-order valence-corrected chi connectivity index (χ3v) is 3.88. The van der Waals surface area contributed by atoms with Gasteiger partial charge in [-0.3, -0.25) is 0 Å². The topological polar surface area (TPSA) is 67.6 Å². The third kappa shape index (κ3) is 5.43. The minimum absolute atomic E-state index is 0.275. The number of nitrogens with two attached hydrogens (primary N) is 1. The molecule has 5 heteroatoms. The van der Waals surface area contributed by atoms with Crippen LogP contribution in [0.3, 0.4) is 0 Å². The first-order valence-corrected chi connectivity index (χ1v) is 8.36. The Morgan fingerprint density at radius 1 is 1.39 bits per heavy atom. The number of hydrogen-bond donors (Lipinski definition) is 2. The Morgan fingerprint density at radius 2 is 2.09 bits per heavy atom. The number of nitrogens with one attached hydrogen (secondary N) is 1. The summed E-state index contributed by atoms with van der Waals surface area (Å²) >= 11 is 0. The van der Waals surface area contributed by atoms with Gasteiger partial charge in [-0.1, -0.05) is 12.1 Å². The molecule has 0 aliphatic heterocycles. The largest absolute Gasteiger partial charge is 0.444 e. The summed E-state index contributed by atoms with van der Waals surface area (Å²) in [5.41, 5.74) is 7.52. The normalized spacial score (nSPS) is 20.6. The fourth-order valence-electron chi connectivity index (χ4n) is 2.63. The van der Waals surface area contributed by atoms with Crippen molar-refractivity contribution in [3.63, 3.8) is 0 Å². The summed E-state index contributed by atoms with van der Waals surface area (Å²) in [6.07, 6.45) is 1.76. The minimum atomic E-state index is -0.475. The zero-order valence-corrected chi connectivity index (χ0v) is 14.6. The van der Waals surface area contributed by atoms with Crippen LogP contribution in [0.5, 0.6) is 0 Å². The van der Waals surface area contributed by atoms with Crippen LogP contribution in [-0.4, -0.2) is 35.2 Å². The molecule has 0 aromatic heterocycles. The predicted molar refractivity (Wildman–Crippen MR) is 93.4 cm³/mol. The Labute approximate surface area is 139 Å². The Kier molecular flexibility index (Phi) is 5.52. The molecule has 5 nitrogen and oxygen atoms in total. The number of ether oxygens (including phenoxy) is 1. The maximum atomic E-state index is 12.2. The van der Waals surface area contributed by atoms with Gasteiger partial charge in [-0.2, -0.15) is 0 Å². The van der Waals surface area contributed by atoms with Crippen molar-refractivity contribution >= 4 is 11.8 Å². The van der Waals surface area contributed by atoms with Crippen LogP contribution in [0, 0.1) is 0 Å².